The fraction of sp³-hybridized carbons (Fsp3) is 0.889. The van der Waals surface area contributed by atoms with Gasteiger partial charge in [0.05, 0.1) is 58.9 Å². The Labute approximate surface area is 357 Å². The molecule has 0 aromatic carbocycles. The largest absolute Gasteiger partial charge is 0.481 e. The van der Waals surface area contributed by atoms with Gasteiger partial charge in [-0.2, -0.15) is 0 Å². The van der Waals surface area contributed by atoms with Gasteiger partial charge in [0.15, 0.2) is 0 Å². The summed E-state index contributed by atoms with van der Waals surface area (Å²) in [6.07, 6.45) is 17.7. The third kappa shape index (κ3) is 43.3. The Morgan fingerprint density at radius 1 is 0.458 bits per heavy atom. The number of hydrogen-bond donors (Lipinski definition) is 5. The first-order valence-electron chi connectivity index (χ1n) is 22.7. The fourth-order valence-corrected chi connectivity index (χ4v) is 6.28. The number of rotatable bonds is 41. The SMILES string of the molecule is CC(C)(C)CC(=O)C(CCCCNC(=O)CCOCCOCCNC(=O)CCOCCOCCNC(=O)CCCCCCCCCCCCCCC(=O)O)NC(C)(C)C. The molecule has 0 saturated carbocycles. The predicted molar refractivity (Wildman–Crippen MR) is 233 cm³/mol. The number of Topliss-reactive ketones (excluding diaryl/α,β-unsaturated/α-hetero) is 1. The summed E-state index contributed by atoms with van der Waals surface area (Å²) in [5.74, 6) is -0.586. The average molecular weight is 843 g/mol. The van der Waals surface area contributed by atoms with E-state index in [1.54, 1.807) is 0 Å². The van der Waals surface area contributed by atoms with Gasteiger partial charge < -0.3 is 45.3 Å². The summed E-state index contributed by atoms with van der Waals surface area (Å²) in [6, 6.07) is -0.181. The van der Waals surface area contributed by atoms with E-state index in [-0.39, 0.29) is 59.8 Å². The zero-order valence-electron chi connectivity index (χ0n) is 38.1. The summed E-state index contributed by atoms with van der Waals surface area (Å²) in [5, 5.41) is 20.7. The monoisotopic (exact) mass is 843 g/mol. The predicted octanol–water partition coefficient (Wildman–Crippen LogP) is 6.66. The fourth-order valence-electron chi connectivity index (χ4n) is 6.28. The molecule has 0 aliphatic heterocycles. The number of aliphatic carboxylic acids is 1. The number of carbonyl (C=O) groups is 5. The lowest BCUT2D eigenvalue weighted by Crippen LogP contribution is -2.48. The van der Waals surface area contributed by atoms with Crippen LogP contribution >= 0.6 is 0 Å². The van der Waals surface area contributed by atoms with Crippen LogP contribution in [0.5, 0.6) is 0 Å². The first-order valence-corrected chi connectivity index (χ1v) is 22.7. The van der Waals surface area contributed by atoms with E-state index in [0.29, 0.717) is 85.3 Å². The van der Waals surface area contributed by atoms with E-state index in [1.807, 2.05) is 0 Å². The van der Waals surface area contributed by atoms with Crippen LogP contribution in [0.25, 0.3) is 0 Å². The summed E-state index contributed by atoms with van der Waals surface area (Å²) in [4.78, 5) is 59.5. The van der Waals surface area contributed by atoms with Crippen molar-refractivity contribution >= 4 is 29.5 Å². The molecule has 0 heterocycles. The number of carboxylic acid groups (broad SMARTS) is 1. The molecule has 346 valence electrons. The van der Waals surface area contributed by atoms with E-state index in [0.717, 1.165) is 57.8 Å². The van der Waals surface area contributed by atoms with E-state index in [2.05, 4.69) is 62.8 Å². The summed E-state index contributed by atoms with van der Waals surface area (Å²) in [6.45, 7) is 16.7. The van der Waals surface area contributed by atoms with Gasteiger partial charge in [-0.15, -0.1) is 0 Å². The number of hydrogen-bond acceptors (Lipinski definition) is 10. The maximum absolute atomic E-state index is 12.8. The highest BCUT2D eigenvalue weighted by atomic mass is 16.5. The molecule has 3 amide bonds. The van der Waals surface area contributed by atoms with Gasteiger partial charge in [-0.3, -0.25) is 24.0 Å². The molecule has 5 N–H and O–H groups in total. The van der Waals surface area contributed by atoms with E-state index in [9.17, 15) is 24.0 Å². The smallest absolute Gasteiger partial charge is 0.303 e. The number of carbonyl (C=O) groups excluding carboxylic acids is 4. The van der Waals surface area contributed by atoms with Crippen molar-refractivity contribution in [3.63, 3.8) is 0 Å². The molecular formula is C45H86N4O10. The van der Waals surface area contributed by atoms with Gasteiger partial charge in [0, 0.05) is 57.3 Å². The maximum atomic E-state index is 12.8. The molecule has 0 saturated heterocycles. The van der Waals surface area contributed by atoms with Crippen LogP contribution in [0.3, 0.4) is 0 Å². The summed E-state index contributed by atoms with van der Waals surface area (Å²) in [5.41, 5.74) is -0.196. The van der Waals surface area contributed by atoms with E-state index < -0.39 is 5.97 Å². The molecule has 0 aliphatic carbocycles. The van der Waals surface area contributed by atoms with E-state index in [1.165, 1.54) is 38.5 Å². The summed E-state index contributed by atoms with van der Waals surface area (Å²) in [7, 11) is 0. The molecule has 0 rings (SSSR count). The van der Waals surface area contributed by atoms with Crippen molar-refractivity contribution in [1.82, 2.24) is 21.3 Å². The van der Waals surface area contributed by atoms with Gasteiger partial charge >= 0.3 is 5.97 Å². The lowest BCUT2D eigenvalue weighted by atomic mass is 9.86. The van der Waals surface area contributed by atoms with Crippen molar-refractivity contribution in [1.29, 1.82) is 0 Å². The van der Waals surface area contributed by atoms with Gasteiger partial charge in [0.2, 0.25) is 17.7 Å². The molecule has 0 aromatic heterocycles. The highest BCUT2D eigenvalue weighted by molar-refractivity contribution is 5.84. The van der Waals surface area contributed by atoms with Crippen molar-refractivity contribution in [3.05, 3.63) is 0 Å². The summed E-state index contributed by atoms with van der Waals surface area (Å²) < 4.78 is 21.9. The second-order valence-electron chi connectivity index (χ2n) is 17.8. The Bertz CT molecular complexity index is 1090. The minimum atomic E-state index is -0.699. The lowest BCUT2D eigenvalue weighted by molar-refractivity contribution is -0.137. The third-order valence-corrected chi connectivity index (χ3v) is 9.31. The second-order valence-corrected chi connectivity index (χ2v) is 17.8. The minimum Gasteiger partial charge on any atom is -0.481 e. The van der Waals surface area contributed by atoms with E-state index >= 15 is 0 Å². The van der Waals surface area contributed by atoms with Crippen molar-refractivity contribution < 1.29 is 48.0 Å². The molecular weight excluding hydrogens is 757 g/mol. The maximum Gasteiger partial charge on any atom is 0.303 e. The Hall–Kier alpha value is -2.65. The Morgan fingerprint density at radius 3 is 1.27 bits per heavy atom. The Morgan fingerprint density at radius 2 is 0.847 bits per heavy atom. The molecule has 0 spiro atoms. The van der Waals surface area contributed by atoms with Crippen LogP contribution < -0.4 is 21.3 Å². The normalized spacial score (nSPS) is 12.3. The van der Waals surface area contributed by atoms with Crippen molar-refractivity contribution in [2.75, 3.05) is 72.5 Å². The van der Waals surface area contributed by atoms with Crippen molar-refractivity contribution in [2.24, 2.45) is 5.41 Å². The zero-order chi connectivity index (χ0) is 44.0. The Balaban J connectivity index is 3.52. The van der Waals surface area contributed by atoms with Gasteiger partial charge in [-0.05, 0) is 58.3 Å². The van der Waals surface area contributed by atoms with Crippen LogP contribution in [0.15, 0.2) is 0 Å². The zero-order valence-corrected chi connectivity index (χ0v) is 38.1. The van der Waals surface area contributed by atoms with Gasteiger partial charge in [0.25, 0.3) is 0 Å². The quantitative estimate of drug-likeness (QED) is 0.0414. The van der Waals surface area contributed by atoms with Crippen LogP contribution in [0, 0.1) is 5.41 Å². The van der Waals surface area contributed by atoms with Gasteiger partial charge in [0.1, 0.15) is 5.78 Å². The van der Waals surface area contributed by atoms with Gasteiger partial charge in [-0.1, -0.05) is 85.0 Å². The molecule has 0 radical (unpaired) electrons. The van der Waals surface area contributed by atoms with Crippen LogP contribution in [0.2, 0.25) is 0 Å². The molecule has 0 bridgehead atoms. The van der Waals surface area contributed by atoms with Crippen LogP contribution in [-0.4, -0.2) is 119 Å². The number of ketones is 1. The molecule has 14 heteroatoms. The standard InChI is InChI=1S/C45H86N4O10/c1-44(2,3)37-39(50)38(49-45(4,5)6)21-19-20-26-46-41(52)24-29-56-33-36-59-32-28-48-42(53)25-30-57-34-35-58-31-27-47-40(51)22-17-15-13-11-9-7-8-10-12-14-16-18-23-43(54)55/h38,49H,7-37H2,1-6H3,(H,46,52)(H,47,51)(H,48,53)(H,54,55). The number of carboxylic acids is 1. The highest BCUT2D eigenvalue weighted by Crippen LogP contribution is 2.22. The molecule has 59 heavy (non-hydrogen) atoms. The van der Waals surface area contributed by atoms with E-state index in [4.69, 9.17) is 24.1 Å². The third-order valence-electron chi connectivity index (χ3n) is 9.31. The summed E-state index contributed by atoms with van der Waals surface area (Å²) >= 11 is 0. The molecule has 0 fully saturated rings. The average Bonchev–Trinajstić information content (AvgIpc) is 3.14. The number of unbranched alkanes of at least 4 members (excludes halogenated alkanes) is 12. The molecule has 1 unspecified atom stereocenters. The number of ether oxygens (including phenoxy) is 4. The minimum absolute atomic E-state index is 0.0482. The van der Waals surface area contributed by atoms with Crippen molar-refractivity contribution in [3.8, 4) is 0 Å². The first kappa shape index (κ1) is 56.4. The molecule has 14 nitrogen and oxygen atoms in total. The topological polar surface area (TPSA) is 191 Å². The van der Waals surface area contributed by atoms with Crippen LogP contribution in [-0.2, 0) is 42.9 Å². The van der Waals surface area contributed by atoms with Crippen LogP contribution in [0.4, 0.5) is 0 Å². The van der Waals surface area contributed by atoms with Crippen molar-refractivity contribution in [2.45, 2.75) is 182 Å². The second kappa shape index (κ2) is 37.1. The molecule has 1 atom stereocenters. The number of nitrogens with one attached hydrogen (secondary N) is 4. The first-order chi connectivity index (χ1) is 28.1. The lowest BCUT2D eigenvalue weighted by Gasteiger charge is -2.30. The van der Waals surface area contributed by atoms with Gasteiger partial charge in [-0.25, -0.2) is 0 Å². The molecule has 0 aliphatic rings. The highest BCUT2D eigenvalue weighted by Gasteiger charge is 2.26. The number of amides is 3. The Kier molecular flexibility index (Phi) is 35.5. The van der Waals surface area contributed by atoms with Crippen LogP contribution in [0.1, 0.15) is 170 Å². The molecule has 0 aromatic rings.